The van der Waals surface area contributed by atoms with Crippen LogP contribution in [0.5, 0.6) is 17.2 Å². The summed E-state index contributed by atoms with van der Waals surface area (Å²) in [7, 11) is 4.80. The summed E-state index contributed by atoms with van der Waals surface area (Å²) in [4.78, 5) is 19.7. The van der Waals surface area contributed by atoms with Gasteiger partial charge in [-0.2, -0.15) is 5.26 Å². The summed E-state index contributed by atoms with van der Waals surface area (Å²) in [5, 5.41) is 16.2. The summed E-state index contributed by atoms with van der Waals surface area (Å²) in [5.74, 6) is 3.86. The first-order chi connectivity index (χ1) is 27.2. The van der Waals surface area contributed by atoms with E-state index in [1.807, 2.05) is 54.7 Å². The Hall–Kier alpha value is -4.70. The van der Waals surface area contributed by atoms with E-state index in [2.05, 4.69) is 81.3 Å². The second-order valence-electron chi connectivity index (χ2n) is 16.9. The van der Waals surface area contributed by atoms with E-state index in [-0.39, 0.29) is 49.0 Å². The van der Waals surface area contributed by atoms with Crippen molar-refractivity contribution in [2.75, 3.05) is 26.7 Å². The fraction of sp³-hybridized carbons (Fsp3) is 0.500. The minimum atomic E-state index is -0.176. The molecular weight excluding hydrogens is 822 g/mol. The zero-order valence-electron chi connectivity index (χ0n) is 36.0. The minimum absolute atomic E-state index is 0. The molecule has 4 N–H and O–H groups in total. The van der Waals surface area contributed by atoms with Crippen molar-refractivity contribution in [3.05, 3.63) is 95.8 Å². The van der Waals surface area contributed by atoms with Crippen LogP contribution in [0.1, 0.15) is 119 Å². The number of Topliss-reactive ketones (excluding diaryl/α,β-unsaturated/α-hetero) is 1. The van der Waals surface area contributed by atoms with Gasteiger partial charge >= 0.3 is 0 Å². The maximum atomic E-state index is 11.6. The smallest absolute Gasteiger partial charge is 0.146 e. The molecule has 60 heavy (non-hydrogen) atoms. The van der Waals surface area contributed by atoms with Gasteiger partial charge in [0.15, 0.2) is 0 Å². The van der Waals surface area contributed by atoms with Crippen LogP contribution in [0.3, 0.4) is 0 Å². The van der Waals surface area contributed by atoms with Crippen LogP contribution in [0.2, 0.25) is 0 Å². The molecule has 0 atom stereocenters. The number of methoxy groups -OCH3 is 3. The Morgan fingerprint density at radius 2 is 1.23 bits per heavy atom. The summed E-state index contributed by atoms with van der Waals surface area (Å²) < 4.78 is 27.4. The number of ether oxygens (including phenoxy) is 5. The maximum Gasteiger partial charge on any atom is 0.146 e. The van der Waals surface area contributed by atoms with Crippen molar-refractivity contribution in [1.82, 2.24) is 9.97 Å². The van der Waals surface area contributed by atoms with Gasteiger partial charge in [-0.25, -0.2) is 4.98 Å². The van der Waals surface area contributed by atoms with E-state index in [4.69, 9.17) is 40.1 Å². The van der Waals surface area contributed by atoms with Crippen LogP contribution >= 0.6 is 15.9 Å². The van der Waals surface area contributed by atoms with Crippen LogP contribution in [0.4, 0.5) is 0 Å². The van der Waals surface area contributed by atoms with Crippen molar-refractivity contribution >= 4 is 27.5 Å². The molecule has 0 bridgehead atoms. The number of nitriles is 1. The number of carbonyl (C=O) groups excluding carboxylic acids is 1. The van der Waals surface area contributed by atoms with Gasteiger partial charge < -0.3 is 34.4 Å². The van der Waals surface area contributed by atoms with E-state index in [1.165, 1.54) is 5.69 Å². The van der Waals surface area contributed by atoms with Gasteiger partial charge in [0.05, 0.1) is 65.8 Å². The zero-order valence-corrected chi connectivity index (χ0v) is 37.6. The summed E-state index contributed by atoms with van der Waals surface area (Å²) in [6, 6.07) is 24.3. The van der Waals surface area contributed by atoms with Crippen LogP contribution < -0.4 is 19.9 Å². The van der Waals surface area contributed by atoms with E-state index >= 15 is 0 Å². The highest BCUT2D eigenvalue weighted by molar-refractivity contribution is 9.09. The largest absolute Gasteiger partial charge is 0.496 e. The zero-order chi connectivity index (χ0) is 43.3. The number of hydrogen-bond acceptors (Lipinski definition) is 9. The Labute approximate surface area is 368 Å². The highest BCUT2D eigenvalue weighted by Crippen LogP contribution is 2.43. The van der Waals surface area contributed by atoms with E-state index in [9.17, 15) is 4.79 Å². The molecule has 1 aromatic heterocycles. The number of carbonyl (C=O) groups is 1. The lowest BCUT2D eigenvalue weighted by Crippen LogP contribution is -2.47. The molecule has 330 valence electrons. The molecule has 0 amide bonds. The Morgan fingerprint density at radius 3 is 1.68 bits per heavy atom. The standard InChI is InChI=1S/C19H26N2O2.C11H19BrO2.C8H10N2O.C8H7NO.2CH4/c1-18(2)10-13(11-19(3,4)23-18)15-12-20-17(21-15)14-8-6-7-9-16(14)22-5;1-10(2)5-8(9(13)7-12)6-11(3,4)14-10;1-11-7-5-3-2-4-6(7)8(9)10;1-10-8-5-3-2-4-7(8)6-9;;/h6-9,12-13H,10-11H2,1-5H3,(H,20,21);8H,5-7H2,1-4H3;2-5H,1H3,(H3,9,10);2-5H,1H3;2*1H4. The van der Waals surface area contributed by atoms with Gasteiger partial charge in [0.2, 0.25) is 0 Å². The van der Waals surface area contributed by atoms with Gasteiger partial charge in [0.25, 0.3) is 0 Å². The number of nitrogens with two attached hydrogens (primary N) is 1. The topological polar surface area (TPSA) is 166 Å². The van der Waals surface area contributed by atoms with E-state index < -0.39 is 0 Å². The second-order valence-corrected chi connectivity index (χ2v) is 17.4. The van der Waals surface area contributed by atoms with Gasteiger partial charge in [-0.15, -0.1) is 0 Å². The molecule has 0 radical (unpaired) electrons. The number of para-hydroxylation sites is 3. The second kappa shape index (κ2) is 23.3. The maximum absolute atomic E-state index is 11.6. The summed E-state index contributed by atoms with van der Waals surface area (Å²) in [5.41, 5.74) is 8.07. The summed E-state index contributed by atoms with van der Waals surface area (Å²) >= 11 is 3.24. The number of nitrogens with zero attached hydrogens (tertiary/aromatic N) is 2. The average Bonchev–Trinajstić information content (AvgIpc) is 3.66. The predicted octanol–water partition coefficient (Wildman–Crippen LogP) is 11.3. The highest BCUT2D eigenvalue weighted by Gasteiger charge is 2.42. The third-order valence-electron chi connectivity index (χ3n) is 9.67. The van der Waals surface area contributed by atoms with Crippen molar-refractivity contribution < 1.29 is 28.5 Å². The predicted molar refractivity (Wildman–Crippen MR) is 248 cm³/mol. The first-order valence-electron chi connectivity index (χ1n) is 19.4. The van der Waals surface area contributed by atoms with Crippen molar-refractivity contribution in [1.29, 1.82) is 10.7 Å². The monoisotopic (exact) mass is 891 g/mol. The van der Waals surface area contributed by atoms with Gasteiger partial charge in [0.1, 0.15) is 40.8 Å². The number of aromatic amines is 1. The Morgan fingerprint density at radius 1 is 0.783 bits per heavy atom. The van der Waals surface area contributed by atoms with Crippen molar-refractivity contribution in [2.24, 2.45) is 11.7 Å². The van der Waals surface area contributed by atoms with Gasteiger partial charge in [-0.3, -0.25) is 10.2 Å². The van der Waals surface area contributed by atoms with Gasteiger partial charge in [-0.1, -0.05) is 67.2 Å². The molecule has 3 aromatic carbocycles. The van der Waals surface area contributed by atoms with E-state index in [1.54, 1.807) is 51.7 Å². The SMILES string of the molecule is C.C.CC1(C)CC(C(=O)CBr)CC(C)(C)O1.COc1ccccc1-c1ncc(C2CC(C)(C)OC(C)(C)C2)[nH]1.COc1ccccc1C#N.COc1ccccc1C(=N)N. The number of halogens is 1. The van der Waals surface area contributed by atoms with Crippen molar-refractivity contribution in [3.63, 3.8) is 0 Å². The molecule has 2 saturated heterocycles. The van der Waals surface area contributed by atoms with Gasteiger partial charge in [-0.05, 0) is 117 Å². The number of ketones is 1. The molecule has 0 unspecified atom stereocenters. The molecule has 0 saturated carbocycles. The molecule has 4 aromatic rings. The van der Waals surface area contributed by atoms with Crippen LogP contribution in [-0.4, -0.2) is 70.7 Å². The third-order valence-corrected chi connectivity index (χ3v) is 10.2. The fourth-order valence-corrected chi connectivity index (χ4v) is 8.32. The quantitative estimate of drug-likeness (QED) is 0.0886. The van der Waals surface area contributed by atoms with Crippen LogP contribution in [0.25, 0.3) is 11.4 Å². The van der Waals surface area contributed by atoms with Crippen LogP contribution in [0, 0.1) is 22.7 Å². The Bertz CT molecular complexity index is 1970. The molecule has 2 fully saturated rings. The number of rotatable bonds is 8. The molecule has 11 nitrogen and oxygen atoms in total. The number of benzene rings is 3. The summed E-state index contributed by atoms with van der Waals surface area (Å²) in [6.45, 7) is 16.9. The van der Waals surface area contributed by atoms with E-state index in [0.29, 0.717) is 39.7 Å². The van der Waals surface area contributed by atoms with Crippen LogP contribution in [0.15, 0.2) is 79.0 Å². The van der Waals surface area contributed by atoms with E-state index in [0.717, 1.165) is 42.8 Å². The molecule has 6 rings (SSSR count). The highest BCUT2D eigenvalue weighted by atomic mass is 79.9. The molecule has 3 heterocycles. The Kier molecular flexibility index (Phi) is 20.7. The fourth-order valence-electron chi connectivity index (χ4n) is 7.86. The molecule has 2 aliphatic heterocycles. The average molecular weight is 893 g/mol. The first-order valence-corrected chi connectivity index (χ1v) is 20.5. The first kappa shape index (κ1) is 53.3. The number of nitrogen functional groups attached to an aromatic ring is 1. The molecule has 0 aliphatic carbocycles. The lowest BCUT2D eigenvalue weighted by Gasteiger charge is -2.45. The number of amidine groups is 1. The number of aromatic nitrogens is 2. The van der Waals surface area contributed by atoms with Crippen molar-refractivity contribution in [3.8, 4) is 34.7 Å². The van der Waals surface area contributed by atoms with Crippen molar-refractivity contribution in [2.45, 2.75) is 124 Å². The number of hydrogen-bond donors (Lipinski definition) is 3. The molecule has 2 aliphatic rings. The number of imidazole rings is 1. The number of alkyl halides is 1. The van der Waals surface area contributed by atoms with Crippen LogP contribution in [-0.2, 0) is 14.3 Å². The Balaban J connectivity index is 0.000000421. The minimum Gasteiger partial charge on any atom is -0.496 e. The third kappa shape index (κ3) is 16.1. The lowest BCUT2D eigenvalue weighted by atomic mass is 9.79. The normalized spacial score (nSPS) is 17.0. The molecular formula is C48H70BrN5O6. The van der Waals surface area contributed by atoms with Gasteiger partial charge in [0, 0.05) is 23.7 Å². The number of H-pyrrole nitrogens is 1. The molecule has 12 heteroatoms. The summed E-state index contributed by atoms with van der Waals surface area (Å²) in [6.07, 6.45) is 5.61. The lowest BCUT2D eigenvalue weighted by molar-refractivity contribution is -0.176. The number of nitrogens with one attached hydrogen (secondary N) is 2. The molecule has 0 spiro atoms.